The van der Waals surface area contributed by atoms with Crippen LogP contribution in [0.15, 0.2) is 6.33 Å². The van der Waals surface area contributed by atoms with Crippen LogP contribution < -0.4 is 5.73 Å². The normalized spacial score (nSPS) is 13.2. The van der Waals surface area contributed by atoms with E-state index in [1.54, 1.807) is 18.0 Å². The lowest BCUT2D eigenvalue weighted by Crippen LogP contribution is -2.20. The summed E-state index contributed by atoms with van der Waals surface area (Å²) < 4.78 is 6.67. The highest BCUT2D eigenvalue weighted by molar-refractivity contribution is 4.93. The van der Waals surface area contributed by atoms with Crippen molar-refractivity contribution in [2.75, 3.05) is 20.3 Å². The third-order valence-electron chi connectivity index (χ3n) is 1.71. The summed E-state index contributed by atoms with van der Waals surface area (Å²) in [6.45, 7) is 1.08. The predicted octanol–water partition coefficient (Wildman–Crippen LogP) is -1.08. The molecule has 74 valence electrons. The van der Waals surface area contributed by atoms with E-state index in [2.05, 4.69) is 10.2 Å². The molecule has 0 aliphatic rings. The molecule has 3 N–H and O–H groups in total. The van der Waals surface area contributed by atoms with Crippen LogP contribution in [-0.2, 0) is 11.3 Å². The van der Waals surface area contributed by atoms with E-state index in [-0.39, 0.29) is 6.61 Å². The number of hydrogen-bond acceptors (Lipinski definition) is 5. The highest BCUT2D eigenvalue weighted by atomic mass is 16.5. The van der Waals surface area contributed by atoms with Crippen LogP contribution in [0, 0.1) is 0 Å². The molecule has 0 aliphatic heterocycles. The number of aliphatic hydroxyl groups excluding tert-OH is 1. The van der Waals surface area contributed by atoms with Crippen molar-refractivity contribution >= 4 is 0 Å². The highest BCUT2D eigenvalue weighted by Crippen LogP contribution is 2.04. The van der Waals surface area contributed by atoms with Crippen LogP contribution in [0.25, 0.3) is 0 Å². The largest absolute Gasteiger partial charge is 0.394 e. The molecule has 6 heteroatoms. The van der Waals surface area contributed by atoms with Crippen molar-refractivity contribution in [1.82, 2.24) is 14.8 Å². The molecule has 13 heavy (non-hydrogen) atoms. The summed E-state index contributed by atoms with van der Waals surface area (Å²) in [4.78, 5) is 0. The molecule has 6 nitrogen and oxygen atoms in total. The fraction of sp³-hybridized carbons (Fsp3) is 0.714. The number of hydrogen-bond donors (Lipinski definition) is 2. The van der Waals surface area contributed by atoms with Gasteiger partial charge >= 0.3 is 0 Å². The number of methoxy groups -OCH3 is 1. The maximum absolute atomic E-state index is 8.82. The summed E-state index contributed by atoms with van der Waals surface area (Å²) in [5, 5.41) is 16.3. The first-order valence-corrected chi connectivity index (χ1v) is 4.02. The molecule has 1 aromatic heterocycles. The van der Waals surface area contributed by atoms with Crippen LogP contribution in [-0.4, -0.2) is 40.2 Å². The number of rotatable bonds is 5. The molecule has 0 fully saturated rings. The number of aliphatic hydroxyl groups is 1. The second kappa shape index (κ2) is 4.90. The lowest BCUT2D eigenvalue weighted by atomic mass is 10.3. The molecule has 0 unspecified atom stereocenters. The second-order valence-electron chi connectivity index (χ2n) is 2.66. The maximum Gasteiger partial charge on any atom is 0.152 e. The van der Waals surface area contributed by atoms with Crippen molar-refractivity contribution in [3.8, 4) is 0 Å². The van der Waals surface area contributed by atoms with Gasteiger partial charge in [0.2, 0.25) is 0 Å². The lowest BCUT2D eigenvalue weighted by Gasteiger charge is -2.09. The highest BCUT2D eigenvalue weighted by Gasteiger charge is 2.11. The van der Waals surface area contributed by atoms with Crippen molar-refractivity contribution < 1.29 is 9.84 Å². The summed E-state index contributed by atoms with van der Waals surface area (Å²) in [6.07, 6.45) is 1.57. The molecule has 1 heterocycles. The van der Waals surface area contributed by atoms with Gasteiger partial charge in [0.15, 0.2) is 5.82 Å². The van der Waals surface area contributed by atoms with Crippen molar-refractivity contribution in [3.05, 3.63) is 12.2 Å². The van der Waals surface area contributed by atoms with Gasteiger partial charge in [-0.1, -0.05) is 0 Å². The van der Waals surface area contributed by atoms with E-state index < -0.39 is 6.04 Å². The van der Waals surface area contributed by atoms with Crippen LogP contribution in [0.2, 0.25) is 0 Å². The van der Waals surface area contributed by atoms with Crippen molar-refractivity contribution in [1.29, 1.82) is 0 Å². The van der Waals surface area contributed by atoms with Gasteiger partial charge in [-0.25, -0.2) is 0 Å². The molecule has 1 atom stereocenters. The Balaban J connectivity index is 2.65. The summed E-state index contributed by atoms with van der Waals surface area (Å²) in [5.74, 6) is 0.583. The molecule has 0 aromatic carbocycles. The van der Waals surface area contributed by atoms with Gasteiger partial charge in [-0.3, -0.25) is 0 Å². The van der Waals surface area contributed by atoms with E-state index in [1.165, 1.54) is 0 Å². The van der Waals surface area contributed by atoms with E-state index in [0.29, 0.717) is 19.0 Å². The second-order valence-corrected chi connectivity index (χ2v) is 2.66. The van der Waals surface area contributed by atoms with E-state index in [0.717, 1.165) is 0 Å². The van der Waals surface area contributed by atoms with Gasteiger partial charge in [0.25, 0.3) is 0 Å². The Labute approximate surface area is 76.3 Å². The van der Waals surface area contributed by atoms with E-state index in [1.807, 2.05) is 0 Å². The molecule has 0 amide bonds. The van der Waals surface area contributed by atoms with Gasteiger partial charge in [0.1, 0.15) is 6.33 Å². The lowest BCUT2D eigenvalue weighted by molar-refractivity contribution is 0.184. The first kappa shape index (κ1) is 10.1. The Hall–Kier alpha value is -0.980. The standard InChI is InChI=1S/C7H14N4O2/c1-13-3-2-11-5-9-10-7(11)6(8)4-12/h5-6,12H,2-4,8H2,1H3/t6-/m1/s1. The maximum atomic E-state index is 8.82. The van der Waals surface area contributed by atoms with Crippen LogP contribution in [0.3, 0.4) is 0 Å². The summed E-state index contributed by atoms with van der Waals surface area (Å²) in [5.41, 5.74) is 5.60. The Morgan fingerprint density at radius 2 is 2.54 bits per heavy atom. The van der Waals surface area contributed by atoms with Crippen molar-refractivity contribution in [2.24, 2.45) is 5.73 Å². The minimum Gasteiger partial charge on any atom is -0.394 e. The van der Waals surface area contributed by atoms with Gasteiger partial charge in [0.05, 0.1) is 19.3 Å². The van der Waals surface area contributed by atoms with Crippen LogP contribution in [0.1, 0.15) is 11.9 Å². The van der Waals surface area contributed by atoms with Gasteiger partial charge in [-0.05, 0) is 0 Å². The van der Waals surface area contributed by atoms with Crippen molar-refractivity contribution in [2.45, 2.75) is 12.6 Å². The minimum atomic E-state index is -0.473. The van der Waals surface area contributed by atoms with Crippen LogP contribution >= 0.6 is 0 Å². The van der Waals surface area contributed by atoms with Gasteiger partial charge in [-0.2, -0.15) is 0 Å². The average molecular weight is 186 g/mol. The first-order valence-electron chi connectivity index (χ1n) is 4.02. The molecule has 0 bridgehead atoms. The molecular weight excluding hydrogens is 172 g/mol. The summed E-state index contributed by atoms with van der Waals surface area (Å²) in [6, 6.07) is -0.473. The quantitative estimate of drug-likeness (QED) is 0.610. The van der Waals surface area contributed by atoms with E-state index >= 15 is 0 Å². The van der Waals surface area contributed by atoms with Gasteiger partial charge in [0, 0.05) is 13.7 Å². The molecule has 0 aliphatic carbocycles. The Morgan fingerprint density at radius 1 is 1.77 bits per heavy atom. The van der Waals surface area contributed by atoms with Crippen molar-refractivity contribution in [3.63, 3.8) is 0 Å². The predicted molar refractivity (Wildman–Crippen MR) is 45.9 cm³/mol. The number of nitrogens with zero attached hydrogens (tertiary/aromatic N) is 3. The average Bonchev–Trinajstić information content (AvgIpc) is 2.61. The number of ether oxygens (including phenoxy) is 1. The van der Waals surface area contributed by atoms with E-state index in [4.69, 9.17) is 15.6 Å². The Bertz CT molecular complexity index is 250. The van der Waals surface area contributed by atoms with Gasteiger partial charge < -0.3 is 20.1 Å². The topological polar surface area (TPSA) is 86.2 Å². The van der Waals surface area contributed by atoms with Crippen LogP contribution in [0.4, 0.5) is 0 Å². The molecule has 0 spiro atoms. The minimum absolute atomic E-state index is 0.133. The number of aromatic nitrogens is 3. The fourth-order valence-electron chi connectivity index (χ4n) is 0.995. The molecule has 0 saturated carbocycles. The number of nitrogens with two attached hydrogens (primary N) is 1. The summed E-state index contributed by atoms with van der Waals surface area (Å²) in [7, 11) is 1.62. The van der Waals surface area contributed by atoms with Gasteiger partial charge in [-0.15, -0.1) is 10.2 Å². The third-order valence-corrected chi connectivity index (χ3v) is 1.71. The Morgan fingerprint density at radius 3 is 3.15 bits per heavy atom. The Kier molecular flexibility index (Phi) is 3.81. The molecule has 1 rings (SSSR count). The zero-order valence-corrected chi connectivity index (χ0v) is 7.55. The zero-order valence-electron chi connectivity index (χ0n) is 7.55. The molecule has 0 saturated heterocycles. The monoisotopic (exact) mass is 186 g/mol. The first-order chi connectivity index (χ1) is 6.29. The summed E-state index contributed by atoms with van der Waals surface area (Å²) >= 11 is 0. The SMILES string of the molecule is COCCn1cnnc1[C@H](N)CO. The molecular formula is C7H14N4O2. The fourth-order valence-corrected chi connectivity index (χ4v) is 0.995. The zero-order chi connectivity index (χ0) is 9.68. The smallest absolute Gasteiger partial charge is 0.152 e. The third kappa shape index (κ3) is 2.48. The van der Waals surface area contributed by atoms with Crippen LogP contribution in [0.5, 0.6) is 0 Å². The molecule has 1 aromatic rings. The van der Waals surface area contributed by atoms with E-state index in [9.17, 15) is 0 Å². The molecule has 0 radical (unpaired) electrons.